The van der Waals surface area contributed by atoms with Crippen LogP contribution in [-0.2, 0) is 6.42 Å². The number of aromatic nitrogens is 3. The van der Waals surface area contributed by atoms with Crippen molar-refractivity contribution in [3.8, 4) is 5.69 Å². The summed E-state index contributed by atoms with van der Waals surface area (Å²) in [6, 6.07) is 5.39. The van der Waals surface area contributed by atoms with Gasteiger partial charge in [-0.3, -0.25) is 0 Å². The summed E-state index contributed by atoms with van der Waals surface area (Å²) in [5.74, 6) is 0.614. The van der Waals surface area contributed by atoms with Gasteiger partial charge in [-0.1, -0.05) is 17.7 Å². The Morgan fingerprint density at radius 2 is 2.29 bits per heavy atom. The maximum Gasteiger partial charge on any atom is 0.347 e. The predicted octanol–water partition coefficient (Wildman–Crippen LogP) is 1.02. The van der Waals surface area contributed by atoms with Crippen LogP contribution in [0.5, 0.6) is 0 Å². The minimum atomic E-state index is -0.279. The lowest BCUT2D eigenvalue weighted by Gasteiger charge is -2.08. The summed E-state index contributed by atoms with van der Waals surface area (Å²) >= 11 is 5.94. The van der Waals surface area contributed by atoms with Gasteiger partial charge in [0.1, 0.15) is 5.82 Å². The van der Waals surface area contributed by atoms with Crippen LogP contribution in [0.4, 0.5) is 0 Å². The third-order valence-corrected chi connectivity index (χ3v) is 2.76. The fraction of sp³-hybridized carbons (Fsp3) is 0.273. The highest BCUT2D eigenvalue weighted by Crippen LogP contribution is 2.19. The number of aromatic amines is 1. The van der Waals surface area contributed by atoms with Crippen molar-refractivity contribution < 1.29 is 0 Å². The monoisotopic (exact) mass is 252 g/mol. The number of nitrogens with zero attached hydrogens (tertiary/aromatic N) is 2. The summed E-state index contributed by atoms with van der Waals surface area (Å²) in [5, 5.41) is 6.96. The quantitative estimate of drug-likeness (QED) is 0.856. The number of halogens is 1. The van der Waals surface area contributed by atoms with Gasteiger partial charge in [0.2, 0.25) is 0 Å². The Balaban J connectivity index is 2.63. The second kappa shape index (κ2) is 4.73. The summed E-state index contributed by atoms with van der Waals surface area (Å²) < 4.78 is 1.51. The summed E-state index contributed by atoms with van der Waals surface area (Å²) in [4.78, 5) is 11.7. The van der Waals surface area contributed by atoms with Gasteiger partial charge < -0.3 is 5.73 Å². The molecule has 90 valence electrons. The fourth-order valence-corrected chi connectivity index (χ4v) is 1.86. The molecule has 3 N–H and O–H groups in total. The van der Waals surface area contributed by atoms with Crippen LogP contribution in [0.3, 0.4) is 0 Å². The molecule has 0 saturated carbocycles. The first-order chi connectivity index (χ1) is 8.13. The summed E-state index contributed by atoms with van der Waals surface area (Å²) in [6.45, 7) is 2.35. The average Bonchev–Trinajstić information content (AvgIpc) is 2.64. The molecule has 0 aliphatic carbocycles. The first-order valence-electron chi connectivity index (χ1n) is 5.26. The van der Waals surface area contributed by atoms with E-state index in [9.17, 15) is 4.79 Å². The molecular formula is C11H13ClN4O. The van der Waals surface area contributed by atoms with Gasteiger partial charge in [-0.15, -0.1) is 0 Å². The predicted molar refractivity (Wildman–Crippen MR) is 66.7 cm³/mol. The molecule has 1 aromatic heterocycles. The molecule has 0 aliphatic heterocycles. The average molecular weight is 253 g/mol. The Hall–Kier alpha value is -1.59. The first kappa shape index (κ1) is 11.9. The van der Waals surface area contributed by atoms with Crippen molar-refractivity contribution in [3.05, 3.63) is 45.1 Å². The van der Waals surface area contributed by atoms with E-state index in [0.29, 0.717) is 23.8 Å². The summed E-state index contributed by atoms with van der Waals surface area (Å²) in [5.41, 5.74) is 6.90. The van der Waals surface area contributed by atoms with Gasteiger partial charge in [-0.05, 0) is 31.2 Å². The van der Waals surface area contributed by atoms with Gasteiger partial charge in [0, 0.05) is 11.4 Å². The van der Waals surface area contributed by atoms with Gasteiger partial charge in [-0.2, -0.15) is 5.10 Å². The maximum absolute atomic E-state index is 11.7. The van der Waals surface area contributed by atoms with Crippen molar-refractivity contribution in [1.82, 2.24) is 14.8 Å². The summed E-state index contributed by atoms with van der Waals surface area (Å²) in [7, 11) is 0. The molecule has 0 fully saturated rings. The molecule has 2 aromatic rings. The molecule has 1 heterocycles. The molecule has 0 amide bonds. The second-order valence-corrected chi connectivity index (χ2v) is 4.19. The lowest BCUT2D eigenvalue weighted by atomic mass is 10.2. The largest absolute Gasteiger partial charge is 0.347 e. The van der Waals surface area contributed by atoms with Crippen LogP contribution in [0.15, 0.2) is 23.0 Å². The van der Waals surface area contributed by atoms with E-state index in [2.05, 4.69) is 10.2 Å². The molecule has 0 unspecified atom stereocenters. The molecule has 2 rings (SSSR count). The van der Waals surface area contributed by atoms with E-state index in [0.717, 1.165) is 11.3 Å². The van der Waals surface area contributed by atoms with Crippen molar-refractivity contribution >= 4 is 11.6 Å². The van der Waals surface area contributed by atoms with Crippen LogP contribution in [0, 0.1) is 6.92 Å². The van der Waals surface area contributed by atoms with E-state index in [1.165, 1.54) is 4.57 Å². The van der Waals surface area contributed by atoms with Crippen LogP contribution in [0.25, 0.3) is 5.69 Å². The van der Waals surface area contributed by atoms with Crippen molar-refractivity contribution in [3.63, 3.8) is 0 Å². The van der Waals surface area contributed by atoms with Crippen LogP contribution in [-0.4, -0.2) is 21.3 Å². The van der Waals surface area contributed by atoms with E-state index in [1.807, 2.05) is 13.0 Å². The zero-order chi connectivity index (χ0) is 12.4. The Kier molecular flexibility index (Phi) is 3.31. The minimum absolute atomic E-state index is 0.279. The van der Waals surface area contributed by atoms with Gasteiger partial charge in [0.05, 0.1) is 5.69 Å². The molecule has 6 heteroatoms. The number of nitrogens with two attached hydrogens (primary N) is 1. The Bertz CT molecular complexity index is 587. The smallest absolute Gasteiger partial charge is 0.330 e. The fourth-order valence-electron chi connectivity index (χ4n) is 1.70. The van der Waals surface area contributed by atoms with Crippen LogP contribution < -0.4 is 11.4 Å². The van der Waals surface area contributed by atoms with Crippen molar-refractivity contribution in [2.45, 2.75) is 13.3 Å². The summed E-state index contributed by atoms with van der Waals surface area (Å²) in [6.07, 6.45) is 0.532. The molecule has 0 atom stereocenters. The lowest BCUT2D eigenvalue weighted by Crippen LogP contribution is -2.19. The number of hydrogen-bond acceptors (Lipinski definition) is 3. The van der Waals surface area contributed by atoms with Crippen molar-refractivity contribution in [1.29, 1.82) is 0 Å². The number of hydrogen-bond donors (Lipinski definition) is 2. The first-order valence-corrected chi connectivity index (χ1v) is 5.64. The van der Waals surface area contributed by atoms with E-state index in [1.54, 1.807) is 12.1 Å². The molecule has 0 radical (unpaired) electrons. The van der Waals surface area contributed by atoms with Crippen molar-refractivity contribution in [2.24, 2.45) is 5.73 Å². The van der Waals surface area contributed by atoms with E-state index in [-0.39, 0.29) is 5.69 Å². The van der Waals surface area contributed by atoms with Crippen molar-refractivity contribution in [2.75, 3.05) is 6.54 Å². The molecule has 5 nitrogen and oxygen atoms in total. The standard InChI is InChI=1S/C11H13ClN4O/c1-7-2-3-8(12)6-9(7)16-10(4-5-13)14-15-11(16)17/h2-3,6H,4-5,13H2,1H3,(H,15,17). The number of benzene rings is 1. The van der Waals surface area contributed by atoms with Crippen LogP contribution in [0.2, 0.25) is 5.02 Å². The number of rotatable bonds is 3. The second-order valence-electron chi connectivity index (χ2n) is 3.75. The molecular weight excluding hydrogens is 240 g/mol. The molecule has 0 spiro atoms. The van der Waals surface area contributed by atoms with E-state index in [4.69, 9.17) is 17.3 Å². The Labute approximate surface area is 103 Å². The Morgan fingerprint density at radius 3 is 3.00 bits per heavy atom. The third-order valence-electron chi connectivity index (χ3n) is 2.52. The minimum Gasteiger partial charge on any atom is -0.330 e. The molecule has 0 bridgehead atoms. The molecule has 0 aliphatic rings. The van der Waals surface area contributed by atoms with Crippen LogP contribution >= 0.6 is 11.6 Å². The Morgan fingerprint density at radius 1 is 1.53 bits per heavy atom. The molecule has 17 heavy (non-hydrogen) atoms. The van der Waals surface area contributed by atoms with Gasteiger partial charge in [-0.25, -0.2) is 14.5 Å². The van der Waals surface area contributed by atoms with E-state index >= 15 is 0 Å². The number of aryl methyl sites for hydroxylation is 1. The normalized spacial score (nSPS) is 10.8. The van der Waals surface area contributed by atoms with Gasteiger partial charge in [0.15, 0.2) is 0 Å². The zero-order valence-corrected chi connectivity index (χ0v) is 10.2. The third kappa shape index (κ3) is 2.25. The zero-order valence-electron chi connectivity index (χ0n) is 9.40. The topological polar surface area (TPSA) is 76.7 Å². The highest BCUT2D eigenvalue weighted by atomic mass is 35.5. The highest BCUT2D eigenvalue weighted by molar-refractivity contribution is 6.30. The van der Waals surface area contributed by atoms with Gasteiger partial charge >= 0.3 is 5.69 Å². The SMILES string of the molecule is Cc1ccc(Cl)cc1-n1c(CCN)n[nH]c1=O. The molecule has 1 aromatic carbocycles. The van der Waals surface area contributed by atoms with Gasteiger partial charge in [0.25, 0.3) is 0 Å². The maximum atomic E-state index is 11.7. The van der Waals surface area contributed by atoms with E-state index < -0.39 is 0 Å². The number of H-pyrrole nitrogens is 1. The molecule has 0 saturated heterocycles. The lowest BCUT2D eigenvalue weighted by molar-refractivity contribution is 0.821. The number of nitrogens with one attached hydrogen (secondary N) is 1. The van der Waals surface area contributed by atoms with Crippen LogP contribution in [0.1, 0.15) is 11.4 Å². The highest BCUT2D eigenvalue weighted by Gasteiger charge is 2.11.